The van der Waals surface area contributed by atoms with Gasteiger partial charge >= 0.3 is 0 Å². The average molecular weight is 580 g/mol. The molecular weight excluding hydrogens is 546 g/mol. The Morgan fingerprint density at radius 2 is 1.52 bits per heavy atom. The van der Waals surface area contributed by atoms with Crippen molar-refractivity contribution in [2.24, 2.45) is 0 Å². The summed E-state index contributed by atoms with van der Waals surface area (Å²) in [6, 6.07) is 30.9. The molecule has 4 rings (SSSR count). The van der Waals surface area contributed by atoms with E-state index in [0.29, 0.717) is 29.1 Å². The van der Waals surface area contributed by atoms with Crippen molar-refractivity contribution in [2.75, 3.05) is 17.7 Å². The molecule has 0 saturated carbocycles. The maximum atomic E-state index is 13.4. The minimum Gasteiger partial charge on any atom is -0.497 e. The van der Waals surface area contributed by atoms with Crippen LogP contribution in [0, 0.1) is 6.92 Å². The molecule has 214 valence electrons. The summed E-state index contributed by atoms with van der Waals surface area (Å²) in [4.78, 5) is 40.2. The number of thioether (sulfide) groups is 1. The Hall–Kier alpha value is -4.82. The lowest BCUT2D eigenvalue weighted by atomic mass is 10.1. The van der Waals surface area contributed by atoms with E-state index in [-0.39, 0.29) is 22.8 Å². The molecule has 0 aliphatic rings. The SMILES string of the molecule is CCC(Sc1cccc(NC(=O)/C(=C/c2ccc(C)cc2)NC(=O)c2ccccc2)c1)C(=O)Nc1cccc(OC)c1. The van der Waals surface area contributed by atoms with Gasteiger partial charge in [-0.2, -0.15) is 0 Å². The van der Waals surface area contributed by atoms with Crippen LogP contribution in [0.1, 0.15) is 34.8 Å². The van der Waals surface area contributed by atoms with Gasteiger partial charge in [0.15, 0.2) is 0 Å². The number of carbonyl (C=O) groups is 3. The summed E-state index contributed by atoms with van der Waals surface area (Å²) >= 11 is 1.41. The van der Waals surface area contributed by atoms with Gasteiger partial charge in [-0.3, -0.25) is 14.4 Å². The summed E-state index contributed by atoms with van der Waals surface area (Å²) in [5.74, 6) is -0.323. The molecule has 0 bridgehead atoms. The summed E-state index contributed by atoms with van der Waals surface area (Å²) in [5, 5.41) is 8.25. The maximum absolute atomic E-state index is 13.4. The molecule has 0 aromatic heterocycles. The van der Waals surface area contributed by atoms with Crippen molar-refractivity contribution in [1.82, 2.24) is 5.32 Å². The standard InChI is InChI=1S/C34H33N3O4S/c1-4-31(34(40)36-26-12-8-14-28(21-26)41-3)42-29-15-9-13-27(22-29)35-33(39)30(20-24-18-16-23(2)17-19-24)37-32(38)25-10-6-5-7-11-25/h5-22,31H,4H2,1-3H3,(H,35,39)(H,36,40)(H,37,38)/b30-20-. The molecular formula is C34H33N3O4S. The van der Waals surface area contributed by atoms with E-state index in [1.165, 1.54) is 11.8 Å². The van der Waals surface area contributed by atoms with Gasteiger partial charge < -0.3 is 20.7 Å². The zero-order valence-electron chi connectivity index (χ0n) is 23.7. The van der Waals surface area contributed by atoms with Gasteiger partial charge in [0, 0.05) is 27.9 Å². The van der Waals surface area contributed by atoms with E-state index in [1.54, 1.807) is 49.6 Å². The number of hydrogen-bond acceptors (Lipinski definition) is 5. The molecule has 8 heteroatoms. The normalized spacial score (nSPS) is 11.7. The second-order valence-corrected chi connectivity index (χ2v) is 10.8. The molecule has 0 radical (unpaired) electrons. The third-order valence-electron chi connectivity index (χ3n) is 6.29. The predicted molar refractivity (Wildman–Crippen MR) is 170 cm³/mol. The quantitative estimate of drug-likeness (QED) is 0.132. The first-order valence-electron chi connectivity index (χ1n) is 13.5. The van der Waals surface area contributed by atoms with Crippen LogP contribution in [0.15, 0.2) is 114 Å². The van der Waals surface area contributed by atoms with E-state index in [4.69, 9.17) is 4.74 Å². The highest BCUT2D eigenvalue weighted by atomic mass is 32.2. The maximum Gasteiger partial charge on any atom is 0.272 e. The van der Waals surface area contributed by atoms with Gasteiger partial charge in [-0.05, 0) is 67.4 Å². The molecule has 4 aromatic rings. The number of anilines is 2. The van der Waals surface area contributed by atoms with Crippen LogP contribution < -0.4 is 20.7 Å². The van der Waals surface area contributed by atoms with Crippen LogP contribution in [0.25, 0.3) is 6.08 Å². The van der Waals surface area contributed by atoms with Gasteiger partial charge in [0.2, 0.25) is 5.91 Å². The lowest BCUT2D eigenvalue weighted by molar-refractivity contribution is -0.116. The van der Waals surface area contributed by atoms with Crippen molar-refractivity contribution < 1.29 is 19.1 Å². The fourth-order valence-corrected chi connectivity index (χ4v) is 5.04. The fourth-order valence-electron chi connectivity index (χ4n) is 4.03. The molecule has 42 heavy (non-hydrogen) atoms. The number of amides is 3. The predicted octanol–water partition coefficient (Wildman–Crippen LogP) is 6.92. The average Bonchev–Trinajstić information content (AvgIpc) is 3.01. The summed E-state index contributed by atoms with van der Waals surface area (Å²) < 4.78 is 5.24. The van der Waals surface area contributed by atoms with Crippen LogP contribution in [0.4, 0.5) is 11.4 Å². The summed E-state index contributed by atoms with van der Waals surface area (Å²) in [6.07, 6.45) is 2.25. The Kier molecular flexibility index (Phi) is 10.6. The van der Waals surface area contributed by atoms with Gasteiger partial charge in [-0.15, -0.1) is 11.8 Å². The van der Waals surface area contributed by atoms with Gasteiger partial charge in [0.05, 0.1) is 12.4 Å². The first-order chi connectivity index (χ1) is 20.3. The van der Waals surface area contributed by atoms with Gasteiger partial charge in [0.25, 0.3) is 11.8 Å². The Labute approximate surface area is 250 Å². The van der Waals surface area contributed by atoms with Crippen LogP contribution in [0.5, 0.6) is 5.75 Å². The molecule has 1 atom stereocenters. The number of hydrogen-bond donors (Lipinski definition) is 3. The smallest absolute Gasteiger partial charge is 0.272 e. The highest BCUT2D eigenvalue weighted by Crippen LogP contribution is 2.29. The van der Waals surface area contributed by atoms with Crippen molar-refractivity contribution in [2.45, 2.75) is 30.4 Å². The molecule has 0 aliphatic carbocycles. The molecule has 7 nitrogen and oxygen atoms in total. The largest absolute Gasteiger partial charge is 0.497 e. The highest BCUT2D eigenvalue weighted by Gasteiger charge is 2.19. The number of carbonyl (C=O) groups excluding carboxylic acids is 3. The monoisotopic (exact) mass is 579 g/mol. The first-order valence-corrected chi connectivity index (χ1v) is 14.4. The second-order valence-electron chi connectivity index (χ2n) is 9.51. The minimum absolute atomic E-state index is 0.106. The summed E-state index contributed by atoms with van der Waals surface area (Å²) in [6.45, 7) is 3.93. The van der Waals surface area contributed by atoms with Crippen molar-refractivity contribution in [3.05, 3.63) is 126 Å². The van der Waals surface area contributed by atoms with Crippen LogP contribution in [-0.2, 0) is 9.59 Å². The van der Waals surface area contributed by atoms with E-state index >= 15 is 0 Å². The van der Waals surface area contributed by atoms with Gasteiger partial charge in [0.1, 0.15) is 11.4 Å². The van der Waals surface area contributed by atoms with Crippen molar-refractivity contribution in [3.63, 3.8) is 0 Å². The van der Waals surface area contributed by atoms with Crippen LogP contribution in [-0.4, -0.2) is 30.1 Å². The molecule has 0 heterocycles. The lowest BCUT2D eigenvalue weighted by Gasteiger charge is -2.16. The highest BCUT2D eigenvalue weighted by molar-refractivity contribution is 8.00. The molecule has 1 unspecified atom stereocenters. The number of methoxy groups -OCH3 is 1. The fraction of sp³-hybridized carbons (Fsp3) is 0.147. The second kappa shape index (κ2) is 14.7. The third kappa shape index (κ3) is 8.59. The lowest BCUT2D eigenvalue weighted by Crippen LogP contribution is -2.30. The van der Waals surface area contributed by atoms with E-state index < -0.39 is 5.91 Å². The van der Waals surface area contributed by atoms with Gasteiger partial charge in [-0.25, -0.2) is 0 Å². The van der Waals surface area contributed by atoms with E-state index in [9.17, 15) is 14.4 Å². The van der Waals surface area contributed by atoms with E-state index in [0.717, 1.165) is 16.0 Å². The number of aryl methyl sites for hydroxylation is 1. The molecule has 4 aromatic carbocycles. The van der Waals surface area contributed by atoms with Gasteiger partial charge in [-0.1, -0.05) is 67.1 Å². The van der Waals surface area contributed by atoms with Crippen LogP contribution in [0.2, 0.25) is 0 Å². The zero-order valence-corrected chi connectivity index (χ0v) is 24.5. The minimum atomic E-state index is -0.468. The summed E-state index contributed by atoms with van der Waals surface area (Å²) in [7, 11) is 1.58. The number of rotatable bonds is 11. The first kappa shape index (κ1) is 30.1. The van der Waals surface area contributed by atoms with Crippen molar-refractivity contribution >= 4 is 46.9 Å². The molecule has 0 aliphatic heterocycles. The number of benzene rings is 4. The van der Waals surface area contributed by atoms with E-state index in [2.05, 4.69) is 16.0 Å². The Balaban J connectivity index is 1.49. The Morgan fingerprint density at radius 1 is 0.833 bits per heavy atom. The Bertz CT molecular complexity index is 1570. The Morgan fingerprint density at radius 3 is 2.21 bits per heavy atom. The van der Waals surface area contributed by atoms with E-state index in [1.807, 2.05) is 80.6 Å². The number of nitrogens with one attached hydrogen (secondary N) is 3. The van der Waals surface area contributed by atoms with Crippen LogP contribution in [0.3, 0.4) is 0 Å². The molecule has 0 spiro atoms. The molecule has 3 N–H and O–H groups in total. The zero-order chi connectivity index (χ0) is 29.9. The van der Waals surface area contributed by atoms with Crippen LogP contribution >= 0.6 is 11.8 Å². The van der Waals surface area contributed by atoms with Crippen molar-refractivity contribution in [1.29, 1.82) is 0 Å². The topological polar surface area (TPSA) is 96.5 Å². The molecule has 0 fully saturated rings. The number of ether oxygens (including phenoxy) is 1. The molecule has 0 saturated heterocycles. The molecule has 3 amide bonds. The third-order valence-corrected chi connectivity index (χ3v) is 7.65. The summed E-state index contributed by atoms with van der Waals surface area (Å²) in [5.41, 5.74) is 3.60. The van der Waals surface area contributed by atoms with Crippen molar-refractivity contribution in [3.8, 4) is 5.75 Å².